The highest BCUT2D eigenvalue weighted by molar-refractivity contribution is 5.86. The first-order valence-electron chi connectivity index (χ1n) is 7.22. The van der Waals surface area contributed by atoms with Gasteiger partial charge in [0, 0.05) is 6.54 Å². The maximum absolute atomic E-state index is 12.7. The van der Waals surface area contributed by atoms with Crippen LogP contribution < -0.4 is 0 Å². The van der Waals surface area contributed by atoms with Crippen LogP contribution in [-0.2, 0) is 25.5 Å². The third-order valence-corrected chi connectivity index (χ3v) is 3.57. The summed E-state index contributed by atoms with van der Waals surface area (Å²) in [5.41, 5.74) is 2.04. The van der Waals surface area contributed by atoms with Crippen molar-refractivity contribution in [2.75, 3.05) is 26.8 Å². The molecule has 21 heavy (non-hydrogen) atoms. The highest BCUT2D eigenvalue weighted by atomic mass is 16.5. The first-order valence-corrected chi connectivity index (χ1v) is 7.22. The Balaban J connectivity index is 2.19. The van der Waals surface area contributed by atoms with Crippen LogP contribution in [0.15, 0.2) is 24.3 Å². The second-order valence-corrected chi connectivity index (χ2v) is 5.04. The van der Waals surface area contributed by atoms with Crippen molar-refractivity contribution in [1.82, 2.24) is 4.90 Å². The van der Waals surface area contributed by atoms with Crippen LogP contribution in [0, 0.1) is 0 Å². The largest absolute Gasteiger partial charge is 0.468 e. The zero-order valence-corrected chi connectivity index (χ0v) is 12.5. The minimum absolute atomic E-state index is 0.0365. The molecule has 0 N–H and O–H groups in total. The summed E-state index contributed by atoms with van der Waals surface area (Å²) in [6.45, 7) is 2.96. The molecule has 0 radical (unpaired) electrons. The molecule has 1 aromatic rings. The number of carbonyl (C=O) groups is 2. The van der Waals surface area contributed by atoms with Gasteiger partial charge in [-0.2, -0.15) is 0 Å². The van der Waals surface area contributed by atoms with Gasteiger partial charge in [-0.3, -0.25) is 9.59 Å². The predicted octanol–water partition coefficient (Wildman–Crippen LogP) is 1.71. The lowest BCUT2D eigenvalue weighted by molar-refractivity contribution is -0.153. The summed E-state index contributed by atoms with van der Waals surface area (Å²) < 4.78 is 10.3. The van der Waals surface area contributed by atoms with Crippen LogP contribution >= 0.6 is 0 Å². The van der Waals surface area contributed by atoms with Crippen molar-refractivity contribution in [2.24, 2.45) is 0 Å². The van der Waals surface area contributed by atoms with Gasteiger partial charge in [-0.1, -0.05) is 31.2 Å². The van der Waals surface area contributed by atoms with Gasteiger partial charge in [0.25, 0.3) is 5.91 Å². The number of hydrogen-bond acceptors (Lipinski definition) is 4. The monoisotopic (exact) mass is 291 g/mol. The molecule has 1 unspecified atom stereocenters. The molecule has 1 aliphatic rings. The van der Waals surface area contributed by atoms with E-state index in [1.165, 1.54) is 12.0 Å². The summed E-state index contributed by atoms with van der Waals surface area (Å²) in [5.74, 6) is -0.588. The average molecular weight is 291 g/mol. The van der Waals surface area contributed by atoms with Gasteiger partial charge in [0.05, 0.1) is 13.7 Å². The molecule has 5 heteroatoms. The van der Waals surface area contributed by atoms with E-state index in [0.717, 1.165) is 24.0 Å². The third-order valence-electron chi connectivity index (χ3n) is 3.57. The van der Waals surface area contributed by atoms with Gasteiger partial charge in [0.15, 0.2) is 6.10 Å². The zero-order chi connectivity index (χ0) is 15.2. The molecule has 0 aromatic heterocycles. The third kappa shape index (κ3) is 3.61. The SMILES string of the molecule is CCCN(CC(=O)OC)C(=O)C1OCCc2ccccc21. The highest BCUT2D eigenvalue weighted by Gasteiger charge is 2.31. The van der Waals surface area contributed by atoms with E-state index in [4.69, 9.17) is 4.74 Å². The minimum Gasteiger partial charge on any atom is -0.468 e. The number of ether oxygens (including phenoxy) is 2. The van der Waals surface area contributed by atoms with Crippen molar-refractivity contribution in [1.29, 1.82) is 0 Å². The minimum atomic E-state index is -0.619. The van der Waals surface area contributed by atoms with Crippen molar-refractivity contribution < 1.29 is 19.1 Å². The second-order valence-electron chi connectivity index (χ2n) is 5.04. The van der Waals surface area contributed by atoms with Crippen molar-refractivity contribution >= 4 is 11.9 Å². The molecule has 114 valence electrons. The maximum Gasteiger partial charge on any atom is 0.325 e. The Morgan fingerprint density at radius 3 is 2.86 bits per heavy atom. The highest BCUT2D eigenvalue weighted by Crippen LogP contribution is 2.28. The summed E-state index contributed by atoms with van der Waals surface area (Å²) >= 11 is 0. The lowest BCUT2D eigenvalue weighted by atomic mass is 9.97. The molecular weight excluding hydrogens is 270 g/mol. The molecule has 1 amide bonds. The van der Waals surface area contributed by atoms with Gasteiger partial charge in [0.2, 0.25) is 0 Å². The first kappa shape index (κ1) is 15.5. The molecule has 1 aliphatic heterocycles. The van der Waals surface area contributed by atoms with Crippen LogP contribution in [0.4, 0.5) is 0 Å². The summed E-state index contributed by atoms with van der Waals surface area (Å²) in [5, 5.41) is 0. The topological polar surface area (TPSA) is 55.8 Å². The number of benzene rings is 1. The fourth-order valence-corrected chi connectivity index (χ4v) is 2.52. The lowest BCUT2D eigenvalue weighted by Crippen LogP contribution is -2.41. The van der Waals surface area contributed by atoms with Crippen LogP contribution in [0.5, 0.6) is 0 Å². The van der Waals surface area contributed by atoms with E-state index < -0.39 is 12.1 Å². The Morgan fingerprint density at radius 1 is 1.38 bits per heavy atom. The lowest BCUT2D eigenvalue weighted by Gasteiger charge is -2.30. The van der Waals surface area contributed by atoms with Crippen molar-refractivity contribution in [3.8, 4) is 0 Å². The van der Waals surface area contributed by atoms with E-state index in [0.29, 0.717) is 13.2 Å². The Hall–Kier alpha value is -1.88. The first-order chi connectivity index (χ1) is 10.2. The second kappa shape index (κ2) is 7.22. The molecule has 1 aromatic carbocycles. The van der Waals surface area contributed by atoms with Crippen LogP contribution in [0.2, 0.25) is 0 Å². The van der Waals surface area contributed by atoms with E-state index >= 15 is 0 Å². The smallest absolute Gasteiger partial charge is 0.325 e. The van der Waals surface area contributed by atoms with E-state index in [9.17, 15) is 9.59 Å². The Kier molecular flexibility index (Phi) is 5.33. The quantitative estimate of drug-likeness (QED) is 0.775. The van der Waals surface area contributed by atoms with Gasteiger partial charge in [-0.25, -0.2) is 0 Å². The Morgan fingerprint density at radius 2 is 2.14 bits per heavy atom. The van der Waals surface area contributed by atoms with Gasteiger partial charge < -0.3 is 14.4 Å². The number of amides is 1. The molecule has 0 fully saturated rings. The Bertz CT molecular complexity index is 515. The van der Waals surface area contributed by atoms with Crippen molar-refractivity contribution in [3.05, 3.63) is 35.4 Å². The van der Waals surface area contributed by atoms with Crippen LogP contribution in [-0.4, -0.2) is 43.6 Å². The average Bonchev–Trinajstić information content (AvgIpc) is 2.53. The normalized spacial score (nSPS) is 17.0. The summed E-state index contributed by atoms with van der Waals surface area (Å²) in [7, 11) is 1.32. The molecule has 2 rings (SSSR count). The fourth-order valence-electron chi connectivity index (χ4n) is 2.52. The number of hydrogen-bond donors (Lipinski definition) is 0. The number of methoxy groups -OCH3 is 1. The summed E-state index contributed by atoms with van der Waals surface area (Å²) in [6, 6.07) is 7.80. The predicted molar refractivity (Wildman–Crippen MR) is 77.7 cm³/mol. The van der Waals surface area contributed by atoms with E-state index in [1.54, 1.807) is 0 Å². The van der Waals surface area contributed by atoms with Crippen LogP contribution in [0.1, 0.15) is 30.6 Å². The molecular formula is C16H21NO4. The molecule has 0 saturated carbocycles. The molecule has 0 spiro atoms. The molecule has 0 aliphatic carbocycles. The molecule has 1 atom stereocenters. The van der Waals surface area contributed by atoms with E-state index in [-0.39, 0.29) is 12.5 Å². The van der Waals surface area contributed by atoms with Crippen molar-refractivity contribution in [2.45, 2.75) is 25.9 Å². The summed E-state index contributed by atoms with van der Waals surface area (Å²) in [4.78, 5) is 25.7. The van der Waals surface area contributed by atoms with Gasteiger partial charge in [-0.15, -0.1) is 0 Å². The number of fused-ring (bicyclic) bond motifs is 1. The van der Waals surface area contributed by atoms with Crippen LogP contribution in [0.25, 0.3) is 0 Å². The van der Waals surface area contributed by atoms with Crippen molar-refractivity contribution in [3.63, 3.8) is 0 Å². The van der Waals surface area contributed by atoms with Gasteiger partial charge >= 0.3 is 5.97 Å². The number of carbonyl (C=O) groups excluding carboxylic acids is 2. The van der Waals surface area contributed by atoms with E-state index in [1.807, 2.05) is 31.2 Å². The number of rotatable bonds is 5. The van der Waals surface area contributed by atoms with Gasteiger partial charge in [-0.05, 0) is 24.0 Å². The Labute approximate surface area is 124 Å². The molecule has 0 saturated heterocycles. The zero-order valence-electron chi connectivity index (χ0n) is 12.5. The van der Waals surface area contributed by atoms with Crippen LogP contribution in [0.3, 0.4) is 0 Å². The fraction of sp³-hybridized carbons (Fsp3) is 0.500. The standard InChI is InChI=1S/C16H21NO4/c1-3-9-17(11-14(18)20-2)16(19)15-13-7-5-4-6-12(13)8-10-21-15/h4-7,15H,3,8-11H2,1-2H3. The molecule has 1 heterocycles. The molecule has 0 bridgehead atoms. The van der Waals surface area contributed by atoms with Gasteiger partial charge in [0.1, 0.15) is 6.54 Å². The molecule has 5 nitrogen and oxygen atoms in total. The number of esters is 1. The van der Waals surface area contributed by atoms with E-state index in [2.05, 4.69) is 4.74 Å². The maximum atomic E-state index is 12.7. The number of nitrogens with zero attached hydrogens (tertiary/aromatic N) is 1. The summed E-state index contributed by atoms with van der Waals surface area (Å²) in [6.07, 6.45) is 0.966.